The molecule has 2 aromatic rings. The van der Waals surface area contributed by atoms with E-state index in [1.165, 1.54) is 0 Å². The molecule has 1 amide bonds. The van der Waals surface area contributed by atoms with Crippen molar-refractivity contribution in [1.29, 1.82) is 0 Å². The van der Waals surface area contributed by atoms with Crippen molar-refractivity contribution in [2.24, 2.45) is 0 Å². The van der Waals surface area contributed by atoms with Gasteiger partial charge in [0.25, 0.3) is 5.91 Å². The molecule has 1 atom stereocenters. The van der Waals surface area contributed by atoms with E-state index in [1.54, 1.807) is 6.20 Å². The van der Waals surface area contributed by atoms with E-state index < -0.39 is 0 Å². The van der Waals surface area contributed by atoms with Crippen LogP contribution in [0.4, 0.5) is 5.69 Å². The number of aromatic amines is 1. The molecule has 1 fully saturated rings. The van der Waals surface area contributed by atoms with Crippen molar-refractivity contribution in [3.63, 3.8) is 0 Å². The zero-order chi connectivity index (χ0) is 13.4. The van der Waals surface area contributed by atoms with Gasteiger partial charge in [0.2, 0.25) is 0 Å². The van der Waals surface area contributed by atoms with Crippen molar-refractivity contribution in [2.75, 3.05) is 24.6 Å². The van der Waals surface area contributed by atoms with Crippen molar-refractivity contribution < 1.29 is 4.79 Å². The van der Waals surface area contributed by atoms with Crippen LogP contribution in [0.1, 0.15) is 17.3 Å². The number of anilines is 1. The second-order valence-corrected chi connectivity index (χ2v) is 6.49. The molecule has 5 heteroatoms. The Bertz CT molecular complexity index is 622. The van der Waals surface area contributed by atoms with E-state index in [1.807, 2.05) is 34.9 Å². The summed E-state index contributed by atoms with van der Waals surface area (Å²) in [5.74, 6) is 1.13. The number of rotatable bonds is 1. The molecule has 1 aromatic heterocycles. The van der Waals surface area contributed by atoms with Crippen LogP contribution in [0.25, 0.3) is 10.9 Å². The normalized spacial score (nSPS) is 19.8. The third-order valence-electron chi connectivity index (χ3n) is 3.46. The Morgan fingerprint density at radius 2 is 2.37 bits per heavy atom. The van der Waals surface area contributed by atoms with Crippen molar-refractivity contribution >= 4 is 34.3 Å². The van der Waals surface area contributed by atoms with E-state index in [-0.39, 0.29) is 5.91 Å². The second-order valence-electron chi connectivity index (χ2n) is 4.94. The number of benzene rings is 1. The Morgan fingerprint density at radius 1 is 1.53 bits per heavy atom. The number of carbonyl (C=O) groups is 1. The van der Waals surface area contributed by atoms with Gasteiger partial charge in [-0.3, -0.25) is 4.79 Å². The smallest absolute Gasteiger partial charge is 0.256 e. The number of nitrogens with one attached hydrogen (secondary N) is 1. The van der Waals surface area contributed by atoms with Crippen LogP contribution in [0.15, 0.2) is 24.4 Å². The maximum atomic E-state index is 12.6. The lowest BCUT2D eigenvalue weighted by Gasteiger charge is -2.30. The first kappa shape index (κ1) is 12.4. The van der Waals surface area contributed by atoms with Crippen LogP contribution in [0.3, 0.4) is 0 Å². The maximum Gasteiger partial charge on any atom is 0.256 e. The van der Waals surface area contributed by atoms with Gasteiger partial charge in [0.15, 0.2) is 0 Å². The molecule has 1 unspecified atom stereocenters. The molecule has 1 aliphatic heterocycles. The number of nitrogen functional groups attached to an aromatic ring is 1. The minimum Gasteiger partial charge on any atom is -0.399 e. The van der Waals surface area contributed by atoms with Gasteiger partial charge in [-0.25, -0.2) is 0 Å². The van der Waals surface area contributed by atoms with Gasteiger partial charge in [-0.1, -0.05) is 6.92 Å². The Hall–Kier alpha value is -1.62. The third-order valence-corrected chi connectivity index (χ3v) is 4.60. The number of hydrogen-bond acceptors (Lipinski definition) is 3. The average Bonchev–Trinajstić information content (AvgIpc) is 2.80. The fourth-order valence-electron chi connectivity index (χ4n) is 2.49. The molecule has 1 aromatic carbocycles. The minimum absolute atomic E-state index is 0.114. The van der Waals surface area contributed by atoms with Crippen molar-refractivity contribution in [1.82, 2.24) is 9.88 Å². The first-order chi connectivity index (χ1) is 9.15. The van der Waals surface area contributed by atoms with Crippen LogP contribution in [0.2, 0.25) is 0 Å². The van der Waals surface area contributed by atoms with E-state index in [9.17, 15) is 4.79 Å². The van der Waals surface area contributed by atoms with Gasteiger partial charge in [-0.15, -0.1) is 0 Å². The van der Waals surface area contributed by atoms with Crippen LogP contribution < -0.4 is 5.73 Å². The van der Waals surface area contributed by atoms with Gasteiger partial charge < -0.3 is 15.6 Å². The number of hydrogen-bond donors (Lipinski definition) is 2. The molecule has 1 aliphatic rings. The summed E-state index contributed by atoms with van der Waals surface area (Å²) in [5.41, 5.74) is 8.12. The van der Waals surface area contributed by atoms with Gasteiger partial charge in [-0.05, 0) is 18.2 Å². The van der Waals surface area contributed by atoms with Gasteiger partial charge >= 0.3 is 0 Å². The van der Waals surface area contributed by atoms with E-state index >= 15 is 0 Å². The average molecular weight is 275 g/mol. The van der Waals surface area contributed by atoms with E-state index in [0.29, 0.717) is 10.9 Å². The minimum atomic E-state index is 0.114. The lowest BCUT2D eigenvalue weighted by atomic mass is 10.1. The molecular weight excluding hydrogens is 258 g/mol. The number of thioether (sulfide) groups is 1. The molecule has 0 bridgehead atoms. The highest BCUT2D eigenvalue weighted by Crippen LogP contribution is 2.24. The summed E-state index contributed by atoms with van der Waals surface area (Å²) < 4.78 is 0. The van der Waals surface area contributed by atoms with Gasteiger partial charge in [0, 0.05) is 46.9 Å². The molecule has 100 valence electrons. The van der Waals surface area contributed by atoms with Crippen molar-refractivity contribution in [3.8, 4) is 0 Å². The molecule has 3 rings (SSSR count). The fourth-order valence-corrected chi connectivity index (χ4v) is 3.51. The summed E-state index contributed by atoms with van der Waals surface area (Å²) in [4.78, 5) is 17.6. The lowest BCUT2D eigenvalue weighted by Crippen LogP contribution is -2.40. The Balaban J connectivity index is 1.93. The van der Waals surface area contributed by atoms with E-state index in [2.05, 4.69) is 11.9 Å². The van der Waals surface area contributed by atoms with Crippen molar-refractivity contribution in [2.45, 2.75) is 12.2 Å². The summed E-state index contributed by atoms with van der Waals surface area (Å²) in [6, 6.07) is 5.61. The topological polar surface area (TPSA) is 62.1 Å². The third kappa shape index (κ3) is 2.30. The Kier molecular flexibility index (Phi) is 3.14. The Labute approximate surface area is 116 Å². The summed E-state index contributed by atoms with van der Waals surface area (Å²) >= 11 is 1.92. The zero-order valence-electron chi connectivity index (χ0n) is 10.8. The number of aromatic nitrogens is 1. The van der Waals surface area contributed by atoms with Gasteiger partial charge in [0.05, 0.1) is 5.56 Å². The number of nitrogens with zero attached hydrogens (tertiary/aromatic N) is 1. The quantitative estimate of drug-likeness (QED) is 0.785. The number of H-pyrrole nitrogens is 1. The predicted molar refractivity (Wildman–Crippen MR) is 80.5 cm³/mol. The molecule has 0 radical (unpaired) electrons. The van der Waals surface area contributed by atoms with Crippen LogP contribution >= 0.6 is 11.8 Å². The molecule has 2 heterocycles. The number of carbonyl (C=O) groups excluding carboxylic acids is 1. The Morgan fingerprint density at radius 3 is 3.16 bits per heavy atom. The lowest BCUT2D eigenvalue weighted by molar-refractivity contribution is 0.0765. The number of nitrogens with two attached hydrogens (primary N) is 1. The van der Waals surface area contributed by atoms with Crippen LogP contribution in [0, 0.1) is 0 Å². The number of fused-ring (bicyclic) bond motifs is 1. The highest BCUT2D eigenvalue weighted by atomic mass is 32.2. The number of amides is 1. The first-order valence-electron chi connectivity index (χ1n) is 6.42. The molecular formula is C14H17N3OS. The molecule has 0 spiro atoms. The standard InChI is InChI=1S/C14H17N3OS/c1-9-8-17(4-5-19-9)14(18)12-7-16-13-6-10(15)2-3-11(12)13/h2-3,6-7,9,16H,4-5,8,15H2,1H3. The van der Waals surface area contributed by atoms with Gasteiger partial charge in [-0.2, -0.15) is 11.8 Å². The molecule has 1 saturated heterocycles. The highest BCUT2D eigenvalue weighted by molar-refractivity contribution is 7.99. The van der Waals surface area contributed by atoms with Gasteiger partial charge in [0.1, 0.15) is 0 Å². The summed E-state index contributed by atoms with van der Waals surface area (Å²) in [7, 11) is 0. The molecule has 4 nitrogen and oxygen atoms in total. The fraction of sp³-hybridized carbons (Fsp3) is 0.357. The molecule has 19 heavy (non-hydrogen) atoms. The summed E-state index contributed by atoms with van der Waals surface area (Å²) in [6.07, 6.45) is 1.79. The molecule has 0 aliphatic carbocycles. The molecule has 3 N–H and O–H groups in total. The predicted octanol–water partition coefficient (Wildman–Crippen LogP) is 2.33. The zero-order valence-corrected chi connectivity index (χ0v) is 11.7. The SMILES string of the molecule is CC1CN(C(=O)c2c[nH]c3cc(N)ccc23)CCS1. The van der Waals surface area contributed by atoms with Crippen LogP contribution in [-0.2, 0) is 0 Å². The first-order valence-corrected chi connectivity index (χ1v) is 7.47. The maximum absolute atomic E-state index is 12.6. The largest absolute Gasteiger partial charge is 0.399 e. The summed E-state index contributed by atoms with van der Waals surface area (Å²) in [6.45, 7) is 3.82. The van der Waals surface area contributed by atoms with E-state index in [0.717, 1.165) is 35.3 Å². The van der Waals surface area contributed by atoms with Crippen LogP contribution in [0.5, 0.6) is 0 Å². The monoisotopic (exact) mass is 275 g/mol. The van der Waals surface area contributed by atoms with Crippen molar-refractivity contribution in [3.05, 3.63) is 30.0 Å². The second kappa shape index (κ2) is 4.81. The molecule has 0 saturated carbocycles. The summed E-state index contributed by atoms with van der Waals surface area (Å²) in [5, 5.41) is 1.46. The van der Waals surface area contributed by atoms with Crippen LogP contribution in [-0.4, -0.2) is 39.9 Å². The highest BCUT2D eigenvalue weighted by Gasteiger charge is 2.24. The van der Waals surface area contributed by atoms with E-state index in [4.69, 9.17) is 5.73 Å².